The molecular weight excluding hydrogens is 468 g/mol. The predicted octanol–water partition coefficient (Wildman–Crippen LogP) is 10.3. The Morgan fingerprint density at radius 1 is 0.385 bits per heavy atom. The number of hydrogen-bond donors (Lipinski definition) is 0. The highest BCUT2D eigenvalue weighted by Crippen LogP contribution is 2.58. The van der Waals surface area contributed by atoms with Crippen molar-refractivity contribution in [1.82, 2.24) is 0 Å². The lowest BCUT2D eigenvalue weighted by atomic mass is 9.79. The van der Waals surface area contributed by atoms with Crippen molar-refractivity contribution in [1.29, 1.82) is 0 Å². The first-order chi connectivity index (χ1) is 19.0. The predicted molar refractivity (Wildman–Crippen MR) is 167 cm³/mol. The molecule has 0 nitrogen and oxygen atoms in total. The zero-order valence-electron chi connectivity index (χ0n) is 22.9. The van der Waals surface area contributed by atoms with E-state index in [9.17, 15) is 0 Å². The quantitative estimate of drug-likeness (QED) is 0.224. The van der Waals surface area contributed by atoms with E-state index in [0.29, 0.717) is 0 Å². The second-order valence-corrected chi connectivity index (χ2v) is 11.3. The van der Waals surface area contributed by atoms with Crippen molar-refractivity contribution >= 4 is 22.3 Å². The fourth-order valence-corrected chi connectivity index (χ4v) is 5.88. The molecule has 0 saturated carbocycles. The molecule has 0 amide bonds. The van der Waals surface area contributed by atoms with E-state index >= 15 is 0 Å². The monoisotopic (exact) mass is 502 g/mol. The van der Waals surface area contributed by atoms with Crippen LogP contribution in [0.15, 0.2) is 146 Å². The Morgan fingerprint density at radius 2 is 0.718 bits per heavy atom. The highest BCUT2D eigenvalue weighted by atomic mass is 14.4. The Morgan fingerprint density at radius 3 is 1.05 bits per heavy atom. The lowest BCUT2D eigenvalue weighted by Gasteiger charge is -2.24. The molecule has 0 bridgehead atoms. The highest BCUT2D eigenvalue weighted by Gasteiger charge is 2.37. The van der Waals surface area contributed by atoms with Gasteiger partial charge in [0.05, 0.1) is 0 Å². The summed E-state index contributed by atoms with van der Waals surface area (Å²) in [5.74, 6) is 0.0919. The molecule has 190 valence electrons. The van der Waals surface area contributed by atoms with Gasteiger partial charge in [0.2, 0.25) is 0 Å². The number of allylic oxidation sites excluding steroid dienone is 4. The van der Waals surface area contributed by atoms with Gasteiger partial charge in [0.25, 0.3) is 0 Å². The van der Waals surface area contributed by atoms with E-state index < -0.39 is 0 Å². The van der Waals surface area contributed by atoms with Gasteiger partial charge in [-0.3, -0.25) is 0 Å². The summed E-state index contributed by atoms with van der Waals surface area (Å²) >= 11 is 0. The summed E-state index contributed by atoms with van der Waals surface area (Å²) in [5.41, 5.74) is 13.2. The maximum absolute atomic E-state index is 2.35. The van der Waals surface area contributed by atoms with Gasteiger partial charge in [-0.2, -0.15) is 0 Å². The summed E-state index contributed by atoms with van der Waals surface area (Å²) in [4.78, 5) is 0. The molecule has 0 unspecified atom stereocenters. The number of rotatable bonds is 5. The summed E-state index contributed by atoms with van der Waals surface area (Å²) in [6.07, 6.45) is 0. The SMILES string of the molecule is CC(C)(C)c1ccc(C2C(c3ccccc3)=C(c3ccccc3)C(c3ccccc3)=C2c2ccccc2)cc1. The van der Waals surface area contributed by atoms with E-state index in [1.54, 1.807) is 0 Å². The third-order valence-corrected chi connectivity index (χ3v) is 7.77. The van der Waals surface area contributed by atoms with Crippen LogP contribution in [0.3, 0.4) is 0 Å². The molecule has 0 aliphatic heterocycles. The van der Waals surface area contributed by atoms with Crippen LogP contribution in [0.2, 0.25) is 0 Å². The van der Waals surface area contributed by atoms with Gasteiger partial charge in [0.1, 0.15) is 0 Å². The fourth-order valence-electron chi connectivity index (χ4n) is 5.88. The Kier molecular flexibility index (Phi) is 6.63. The van der Waals surface area contributed by atoms with Crippen molar-refractivity contribution < 1.29 is 0 Å². The van der Waals surface area contributed by atoms with Crippen LogP contribution < -0.4 is 0 Å². The van der Waals surface area contributed by atoms with Crippen LogP contribution in [0.25, 0.3) is 22.3 Å². The lowest BCUT2D eigenvalue weighted by molar-refractivity contribution is 0.590. The first-order valence-electron chi connectivity index (χ1n) is 13.8. The molecule has 0 N–H and O–H groups in total. The Bertz CT molecular complexity index is 1520. The molecule has 0 spiro atoms. The molecule has 0 heterocycles. The van der Waals surface area contributed by atoms with Gasteiger partial charge in [-0.25, -0.2) is 0 Å². The maximum atomic E-state index is 2.35. The molecule has 0 radical (unpaired) electrons. The van der Waals surface area contributed by atoms with Gasteiger partial charge in [-0.15, -0.1) is 0 Å². The summed E-state index contributed by atoms with van der Waals surface area (Å²) in [6, 6.07) is 53.2. The van der Waals surface area contributed by atoms with Gasteiger partial charge in [-0.1, -0.05) is 166 Å². The summed E-state index contributed by atoms with van der Waals surface area (Å²) in [7, 11) is 0. The van der Waals surface area contributed by atoms with E-state index in [1.807, 2.05) is 0 Å². The normalized spacial score (nSPS) is 14.2. The van der Waals surface area contributed by atoms with E-state index in [4.69, 9.17) is 0 Å². The molecule has 6 rings (SSSR count). The minimum absolute atomic E-state index is 0.0919. The van der Waals surface area contributed by atoms with Crippen LogP contribution in [0.4, 0.5) is 0 Å². The smallest absolute Gasteiger partial charge is 0.0364 e. The highest BCUT2D eigenvalue weighted by molar-refractivity contribution is 6.29. The molecule has 0 saturated heterocycles. The average Bonchev–Trinajstić information content (AvgIpc) is 3.35. The van der Waals surface area contributed by atoms with E-state index in [2.05, 4.69) is 166 Å². The molecule has 1 aliphatic rings. The van der Waals surface area contributed by atoms with E-state index in [0.717, 1.165) is 0 Å². The molecule has 0 heteroatoms. The molecule has 0 fully saturated rings. The minimum atomic E-state index is 0.0919. The topological polar surface area (TPSA) is 0 Å². The maximum Gasteiger partial charge on any atom is 0.0364 e. The van der Waals surface area contributed by atoms with Crippen LogP contribution in [0.1, 0.15) is 60.1 Å². The van der Waals surface area contributed by atoms with Gasteiger partial charge < -0.3 is 0 Å². The molecule has 0 atom stereocenters. The molecule has 1 aliphatic carbocycles. The van der Waals surface area contributed by atoms with Crippen molar-refractivity contribution in [2.45, 2.75) is 32.1 Å². The molecule has 39 heavy (non-hydrogen) atoms. The van der Waals surface area contributed by atoms with Gasteiger partial charge in [-0.05, 0) is 61.1 Å². The molecular formula is C39H34. The lowest BCUT2D eigenvalue weighted by Crippen LogP contribution is -2.11. The van der Waals surface area contributed by atoms with Crippen molar-refractivity contribution in [3.63, 3.8) is 0 Å². The van der Waals surface area contributed by atoms with Crippen molar-refractivity contribution in [3.8, 4) is 0 Å². The first kappa shape index (κ1) is 24.9. The van der Waals surface area contributed by atoms with E-state index in [1.165, 1.54) is 55.7 Å². The second-order valence-electron chi connectivity index (χ2n) is 11.3. The summed E-state index contributed by atoms with van der Waals surface area (Å²) in [6.45, 7) is 6.84. The molecule has 5 aromatic rings. The van der Waals surface area contributed by atoms with Crippen LogP contribution in [0, 0.1) is 0 Å². The van der Waals surface area contributed by atoms with Crippen molar-refractivity contribution in [2.75, 3.05) is 0 Å². The fraction of sp³-hybridized carbons (Fsp3) is 0.128. The molecule has 0 aromatic heterocycles. The van der Waals surface area contributed by atoms with Crippen molar-refractivity contribution in [3.05, 3.63) is 179 Å². The zero-order valence-corrected chi connectivity index (χ0v) is 22.9. The van der Waals surface area contributed by atoms with Crippen LogP contribution in [-0.4, -0.2) is 0 Å². The number of benzene rings is 5. The number of hydrogen-bond acceptors (Lipinski definition) is 0. The van der Waals surface area contributed by atoms with E-state index in [-0.39, 0.29) is 11.3 Å². The van der Waals surface area contributed by atoms with Gasteiger partial charge in [0, 0.05) is 5.92 Å². The minimum Gasteiger partial charge on any atom is -0.0622 e. The summed E-state index contributed by atoms with van der Waals surface area (Å²) in [5, 5.41) is 0. The average molecular weight is 503 g/mol. The van der Waals surface area contributed by atoms with Gasteiger partial charge >= 0.3 is 0 Å². The Labute approximate surface area is 233 Å². The van der Waals surface area contributed by atoms with Crippen LogP contribution in [-0.2, 0) is 5.41 Å². The molecule has 5 aromatic carbocycles. The van der Waals surface area contributed by atoms with Crippen LogP contribution >= 0.6 is 0 Å². The van der Waals surface area contributed by atoms with Gasteiger partial charge in [0.15, 0.2) is 0 Å². The second kappa shape index (κ2) is 10.4. The summed E-state index contributed by atoms with van der Waals surface area (Å²) < 4.78 is 0. The third-order valence-electron chi connectivity index (χ3n) is 7.77. The zero-order chi connectivity index (χ0) is 26.8. The standard InChI is InChI=1S/C39H34/c1-39(2,3)33-26-24-32(25-27-33)38-36(30-20-12-6-13-21-30)34(28-16-8-4-9-17-28)35(29-18-10-5-11-19-29)37(38)31-22-14-7-15-23-31/h4-27,38H,1-3H3. The van der Waals surface area contributed by atoms with Crippen LogP contribution in [0.5, 0.6) is 0 Å². The Balaban J connectivity index is 1.73. The third kappa shape index (κ3) is 4.79. The first-order valence-corrected chi connectivity index (χ1v) is 13.8. The Hall–Kier alpha value is -4.42. The van der Waals surface area contributed by atoms with Crippen molar-refractivity contribution in [2.24, 2.45) is 0 Å². The largest absolute Gasteiger partial charge is 0.0622 e.